The number of anilines is 2. The van der Waals surface area contributed by atoms with Crippen LogP contribution in [-0.4, -0.2) is 29.9 Å². The van der Waals surface area contributed by atoms with E-state index in [1.807, 2.05) is 58.0 Å². The van der Waals surface area contributed by atoms with Gasteiger partial charge in [0.15, 0.2) is 22.4 Å². The lowest BCUT2D eigenvalue weighted by Crippen LogP contribution is -2.28. The van der Waals surface area contributed by atoms with Crippen LogP contribution in [0.5, 0.6) is 11.5 Å². The first-order valence-electron chi connectivity index (χ1n) is 11.8. The van der Waals surface area contributed by atoms with E-state index in [1.165, 1.54) is 18.9 Å². The highest BCUT2D eigenvalue weighted by Gasteiger charge is 2.34. The zero-order valence-electron chi connectivity index (χ0n) is 21.7. The van der Waals surface area contributed by atoms with Gasteiger partial charge in [-0.15, -0.1) is 0 Å². The predicted molar refractivity (Wildman–Crippen MR) is 162 cm³/mol. The minimum Gasteiger partial charge on any atom is -0.493 e. The van der Waals surface area contributed by atoms with E-state index in [2.05, 4.69) is 21.2 Å². The summed E-state index contributed by atoms with van der Waals surface area (Å²) in [5.41, 5.74) is 6.53. The van der Waals surface area contributed by atoms with Crippen LogP contribution >= 0.6 is 39.9 Å². The lowest BCUT2D eigenvalue weighted by Gasteiger charge is -2.17. The maximum atomic E-state index is 13.2. The number of halogens is 1. The minimum absolute atomic E-state index is 0.166. The van der Waals surface area contributed by atoms with Gasteiger partial charge in [0.1, 0.15) is 0 Å². The monoisotopic (exact) mass is 610 g/mol. The number of thiocarbonyl (C=S) groups is 1. The Morgan fingerprint density at radius 2 is 1.76 bits per heavy atom. The maximum absolute atomic E-state index is 13.2. The summed E-state index contributed by atoms with van der Waals surface area (Å²) in [6.45, 7) is 7.79. The van der Waals surface area contributed by atoms with Gasteiger partial charge in [-0.3, -0.25) is 14.5 Å². The van der Waals surface area contributed by atoms with Crippen molar-refractivity contribution in [3.63, 3.8) is 0 Å². The Morgan fingerprint density at radius 3 is 2.47 bits per heavy atom. The first kappa shape index (κ1) is 27.9. The molecular formula is C29H27BrN2O4S2. The van der Waals surface area contributed by atoms with E-state index in [4.69, 9.17) is 21.7 Å². The number of nitrogens with one attached hydrogen (secondary N) is 1. The number of carbonyl (C=O) groups excluding carboxylic acids is 2. The Labute approximate surface area is 240 Å². The van der Waals surface area contributed by atoms with Crippen molar-refractivity contribution < 1.29 is 19.1 Å². The third-order valence-corrected chi connectivity index (χ3v) is 8.05. The van der Waals surface area contributed by atoms with Gasteiger partial charge in [-0.25, -0.2) is 0 Å². The van der Waals surface area contributed by atoms with Crippen LogP contribution in [-0.2, 0) is 9.59 Å². The van der Waals surface area contributed by atoms with E-state index in [0.29, 0.717) is 26.4 Å². The normalized spacial score (nSPS) is 14.3. The Hall–Kier alpha value is -3.14. The highest BCUT2D eigenvalue weighted by Crippen LogP contribution is 2.38. The third kappa shape index (κ3) is 6.11. The molecule has 1 aliphatic heterocycles. The van der Waals surface area contributed by atoms with E-state index >= 15 is 0 Å². The summed E-state index contributed by atoms with van der Waals surface area (Å²) in [6.07, 6.45) is 1.78. The molecule has 1 N–H and O–H groups in total. The molecule has 0 unspecified atom stereocenters. The van der Waals surface area contributed by atoms with E-state index in [9.17, 15) is 9.59 Å². The number of rotatable bonds is 7. The standard InChI is InChI=1S/C29H27BrN2O4S2/c1-16-6-8-23(19(4)10-16)32-28(34)26(38-29(32)37)14-20-7-9-24(25(13-20)35-5)36-15-27(33)31-22-12-18(3)17(2)11-21(22)30/h6-14H,15H2,1-5H3,(H,31,33)/b26-14-. The molecule has 0 bridgehead atoms. The van der Waals surface area contributed by atoms with Gasteiger partial charge in [-0.05, 0) is 102 Å². The van der Waals surface area contributed by atoms with Gasteiger partial charge in [0.05, 0.1) is 23.4 Å². The zero-order chi connectivity index (χ0) is 27.6. The number of thioether (sulfide) groups is 1. The van der Waals surface area contributed by atoms with Crippen LogP contribution in [0.2, 0.25) is 0 Å². The summed E-state index contributed by atoms with van der Waals surface area (Å²) in [7, 11) is 1.53. The molecule has 0 aromatic heterocycles. The molecule has 0 saturated carbocycles. The molecule has 0 spiro atoms. The van der Waals surface area contributed by atoms with E-state index < -0.39 is 0 Å². The Balaban J connectivity index is 1.47. The molecule has 1 heterocycles. The van der Waals surface area contributed by atoms with Gasteiger partial charge in [-0.1, -0.05) is 47.7 Å². The number of ether oxygens (including phenoxy) is 2. The quantitative estimate of drug-likeness (QED) is 0.227. The van der Waals surface area contributed by atoms with Gasteiger partial charge in [0, 0.05) is 4.47 Å². The summed E-state index contributed by atoms with van der Waals surface area (Å²) in [5.74, 6) is 0.404. The molecule has 9 heteroatoms. The molecular weight excluding hydrogens is 584 g/mol. The molecule has 3 aromatic rings. The van der Waals surface area contributed by atoms with Crippen molar-refractivity contribution in [2.24, 2.45) is 0 Å². The number of methoxy groups -OCH3 is 1. The van der Waals surface area contributed by atoms with Crippen molar-refractivity contribution in [1.82, 2.24) is 0 Å². The van der Waals surface area contributed by atoms with Crippen LogP contribution in [0.1, 0.15) is 27.8 Å². The molecule has 0 atom stereocenters. The van der Waals surface area contributed by atoms with Crippen LogP contribution in [0.4, 0.5) is 11.4 Å². The van der Waals surface area contributed by atoms with Gasteiger partial charge >= 0.3 is 0 Å². The van der Waals surface area contributed by atoms with Gasteiger partial charge in [0.25, 0.3) is 11.8 Å². The van der Waals surface area contributed by atoms with Crippen LogP contribution in [0.3, 0.4) is 0 Å². The molecule has 2 amide bonds. The second kappa shape index (κ2) is 11.7. The number of benzene rings is 3. The van der Waals surface area contributed by atoms with Crippen molar-refractivity contribution in [3.05, 3.63) is 85.7 Å². The van der Waals surface area contributed by atoms with Crippen molar-refractivity contribution in [3.8, 4) is 11.5 Å². The second-order valence-corrected chi connectivity index (χ2v) is 11.5. The number of nitrogens with zero attached hydrogens (tertiary/aromatic N) is 1. The molecule has 38 heavy (non-hydrogen) atoms. The molecule has 1 fully saturated rings. The maximum Gasteiger partial charge on any atom is 0.270 e. The molecule has 1 aliphatic rings. The molecule has 0 radical (unpaired) electrons. The van der Waals surface area contributed by atoms with Gasteiger partial charge in [-0.2, -0.15) is 0 Å². The lowest BCUT2D eigenvalue weighted by atomic mass is 10.1. The number of hydrogen-bond acceptors (Lipinski definition) is 6. The van der Waals surface area contributed by atoms with Crippen molar-refractivity contribution >= 4 is 73.5 Å². The third-order valence-electron chi connectivity index (χ3n) is 6.09. The Bertz CT molecular complexity index is 1490. The fourth-order valence-corrected chi connectivity index (χ4v) is 5.82. The molecule has 4 rings (SSSR count). The average Bonchev–Trinajstić information content (AvgIpc) is 3.14. The predicted octanol–water partition coefficient (Wildman–Crippen LogP) is 7.11. The highest BCUT2D eigenvalue weighted by atomic mass is 79.9. The van der Waals surface area contributed by atoms with Crippen molar-refractivity contribution in [1.29, 1.82) is 0 Å². The zero-order valence-corrected chi connectivity index (χ0v) is 24.9. The summed E-state index contributed by atoms with van der Waals surface area (Å²) >= 11 is 10.3. The van der Waals surface area contributed by atoms with E-state index in [0.717, 1.165) is 38.0 Å². The SMILES string of the molecule is COc1cc(/C=C2\SC(=S)N(c3ccc(C)cc3C)C2=O)ccc1OCC(=O)Nc1cc(C)c(C)cc1Br. The van der Waals surface area contributed by atoms with Crippen LogP contribution < -0.4 is 19.7 Å². The second-order valence-electron chi connectivity index (χ2n) is 8.97. The number of hydrogen-bond donors (Lipinski definition) is 1. The molecule has 6 nitrogen and oxygen atoms in total. The number of aryl methyl sites for hydroxylation is 4. The minimum atomic E-state index is -0.296. The topological polar surface area (TPSA) is 67.9 Å². The molecule has 0 aliphatic carbocycles. The van der Waals surface area contributed by atoms with E-state index in [-0.39, 0.29) is 18.4 Å². The Morgan fingerprint density at radius 1 is 1.03 bits per heavy atom. The fraction of sp³-hybridized carbons (Fsp3) is 0.207. The lowest BCUT2D eigenvalue weighted by molar-refractivity contribution is -0.118. The van der Waals surface area contributed by atoms with Crippen LogP contribution in [0.25, 0.3) is 6.08 Å². The number of carbonyl (C=O) groups is 2. The first-order valence-corrected chi connectivity index (χ1v) is 13.8. The van der Waals surface area contributed by atoms with Crippen LogP contribution in [0, 0.1) is 27.7 Å². The molecule has 3 aromatic carbocycles. The molecule has 196 valence electrons. The summed E-state index contributed by atoms with van der Waals surface area (Å²) in [5, 5.41) is 2.86. The average molecular weight is 612 g/mol. The first-order chi connectivity index (χ1) is 18.1. The van der Waals surface area contributed by atoms with Crippen molar-refractivity contribution in [2.75, 3.05) is 23.9 Å². The van der Waals surface area contributed by atoms with Gasteiger partial charge < -0.3 is 14.8 Å². The van der Waals surface area contributed by atoms with Crippen molar-refractivity contribution in [2.45, 2.75) is 27.7 Å². The largest absolute Gasteiger partial charge is 0.493 e. The van der Waals surface area contributed by atoms with E-state index in [1.54, 1.807) is 29.2 Å². The van der Waals surface area contributed by atoms with Crippen LogP contribution in [0.15, 0.2) is 57.9 Å². The smallest absolute Gasteiger partial charge is 0.270 e. The molecule has 1 saturated heterocycles. The Kier molecular flexibility index (Phi) is 8.60. The summed E-state index contributed by atoms with van der Waals surface area (Å²) in [6, 6.07) is 15.1. The fourth-order valence-electron chi connectivity index (χ4n) is 3.98. The summed E-state index contributed by atoms with van der Waals surface area (Å²) < 4.78 is 12.5. The highest BCUT2D eigenvalue weighted by molar-refractivity contribution is 9.10. The summed E-state index contributed by atoms with van der Waals surface area (Å²) in [4.78, 5) is 27.8. The van der Waals surface area contributed by atoms with Gasteiger partial charge in [0.2, 0.25) is 0 Å². The number of amides is 2.